The molecule has 2 unspecified atom stereocenters. The van der Waals surface area contributed by atoms with Crippen molar-refractivity contribution in [3.8, 4) is 11.3 Å². The van der Waals surface area contributed by atoms with E-state index in [-0.39, 0.29) is 11.7 Å². The van der Waals surface area contributed by atoms with E-state index in [4.69, 9.17) is 4.74 Å². The molecule has 0 spiro atoms. The number of likely N-dealkylation sites (tertiary alicyclic amines) is 1. The second-order valence-corrected chi connectivity index (χ2v) is 9.51. The van der Waals surface area contributed by atoms with Crippen LogP contribution in [-0.4, -0.2) is 63.3 Å². The van der Waals surface area contributed by atoms with Gasteiger partial charge in [-0.3, -0.25) is 9.48 Å². The summed E-state index contributed by atoms with van der Waals surface area (Å²) in [4.78, 5) is 27.2. The molecule has 3 aliphatic heterocycles. The lowest BCUT2D eigenvalue weighted by molar-refractivity contribution is 0.0716. The van der Waals surface area contributed by atoms with Gasteiger partial charge in [-0.2, -0.15) is 5.10 Å². The summed E-state index contributed by atoms with van der Waals surface area (Å²) in [5.74, 6) is 1.01. The van der Waals surface area contributed by atoms with E-state index < -0.39 is 0 Å². The van der Waals surface area contributed by atoms with Gasteiger partial charge in [-0.1, -0.05) is 12.1 Å². The minimum Gasteiger partial charge on any atom is -0.373 e. The number of fused-ring (bicyclic) bond motifs is 2. The first-order valence-corrected chi connectivity index (χ1v) is 11.8. The first kappa shape index (κ1) is 21.2. The molecule has 0 radical (unpaired) electrons. The largest absolute Gasteiger partial charge is 0.373 e. The fourth-order valence-corrected chi connectivity index (χ4v) is 5.54. The SMILES string of the molecule is Cc1cc(C)nc(N2CC3CN(C(=O)c4c(-c5ccccc5F)nn5c4COCC5)CC3C2)n1. The minimum absolute atomic E-state index is 0.0893. The highest BCUT2D eigenvalue weighted by molar-refractivity contribution is 6.01. The number of carbonyl (C=O) groups excluding carboxylic acids is 1. The Balaban J connectivity index is 1.26. The Labute approximate surface area is 197 Å². The smallest absolute Gasteiger partial charge is 0.258 e. The van der Waals surface area contributed by atoms with Crippen molar-refractivity contribution in [3.63, 3.8) is 0 Å². The van der Waals surface area contributed by atoms with Gasteiger partial charge in [0.1, 0.15) is 11.5 Å². The lowest BCUT2D eigenvalue weighted by Crippen LogP contribution is -2.34. The molecule has 9 heteroatoms. The Kier molecular flexibility index (Phi) is 5.09. The third-order valence-corrected chi connectivity index (χ3v) is 7.11. The first-order chi connectivity index (χ1) is 16.5. The highest BCUT2D eigenvalue weighted by Crippen LogP contribution is 2.36. The number of aryl methyl sites for hydroxylation is 2. The number of ether oxygens (including phenoxy) is 1. The van der Waals surface area contributed by atoms with Gasteiger partial charge >= 0.3 is 0 Å². The lowest BCUT2D eigenvalue weighted by atomic mass is 10.0. The van der Waals surface area contributed by atoms with Crippen LogP contribution in [0.3, 0.4) is 0 Å². The van der Waals surface area contributed by atoms with Crippen molar-refractivity contribution in [1.29, 1.82) is 0 Å². The summed E-state index contributed by atoms with van der Waals surface area (Å²) >= 11 is 0. The number of nitrogens with zero attached hydrogens (tertiary/aromatic N) is 6. The Morgan fingerprint density at radius 1 is 1.06 bits per heavy atom. The van der Waals surface area contributed by atoms with E-state index in [9.17, 15) is 9.18 Å². The van der Waals surface area contributed by atoms with E-state index in [2.05, 4.69) is 20.0 Å². The highest BCUT2D eigenvalue weighted by atomic mass is 19.1. The van der Waals surface area contributed by atoms with Crippen molar-refractivity contribution >= 4 is 11.9 Å². The quantitative estimate of drug-likeness (QED) is 0.596. The van der Waals surface area contributed by atoms with Crippen LogP contribution >= 0.6 is 0 Å². The van der Waals surface area contributed by atoms with Gasteiger partial charge in [0.2, 0.25) is 5.95 Å². The fourth-order valence-electron chi connectivity index (χ4n) is 5.54. The van der Waals surface area contributed by atoms with Gasteiger partial charge in [0, 0.05) is 55.0 Å². The molecule has 0 N–H and O–H groups in total. The number of hydrogen-bond donors (Lipinski definition) is 0. The second-order valence-electron chi connectivity index (χ2n) is 9.51. The van der Waals surface area contributed by atoms with Crippen LogP contribution in [0.4, 0.5) is 10.3 Å². The summed E-state index contributed by atoms with van der Waals surface area (Å²) in [6, 6.07) is 8.48. The van der Waals surface area contributed by atoms with Crippen molar-refractivity contribution in [3.05, 3.63) is 58.8 Å². The average molecular weight is 463 g/mol. The zero-order valence-corrected chi connectivity index (χ0v) is 19.4. The average Bonchev–Trinajstić information content (AvgIpc) is 3.50. The zero-order chi connectivity index (χ0) is 23.4. The fraction of sp³-hybridized carbons (Fsp3) is 0.440. The molecular formula is C25H27FN6O2. The Bertz CT molecular complexity index is 1240. The number of aromatic nitrogens is 4. The van der Waals surface area contributed by atoms with Crippen LogP contribution in [0.2, 0.25) is 0 Å². The molecule has 0 saturated carbocycles. The predicted octanol–water partition coefficient (Wildman–Crippen LogP) is 2.83. The van der Waals surface area contributed by atoms with Crippen molar-refractivity contribution in [1.82, 2.24) is 24.6 Å². The van der Waals surface area contributed by atoms with E-state index in [1.165, 1.54) is 6.07 Å². The molecule has 2 saturated heterocycles. The predicted molar refractivity (Wildman–Crippen MR) is 124 cm³/mol. The number of rotatable bonds is 3. The van der Waals surface area contributed by atoms with E-state index in [1.807, 2.05) is 24.8 Å². The number of anilines is 1. The van der Waals surface area contributed by atoms with Crippen molar-refractivity contribution in [2.45, 2.75) is 27.0 Å². The van der Waals surface area contributed by atoms with Gasteiger partial charge in [0.25, 0.3) is 5.91 Å². The molecule has 1 amide bonds. The van der Waals surface area contributed by atoms with E-state index in [0.717, 1.165) is 36.1 Å². The normalized spacial score (nSPS) is 21.6. The Morgan fingerprint density at radius 3 is 2.47 bits per heavy atom. The molecule has 34 heavy (non-hydrogen) atoms. The molecular weight excluding hydrogens is 435 g/mol. The van der Waals surface area contributed by atoms with E-state index >= 15 is 0 Å². The summed E-state index contributed by atoms with van der Waals surface area (Å²) in [6.07, 6.45) is 0. The molecule has 0 bridgehead atoms. The molecule has 2 fully saturated rings. The zero-order valence-electron chi connectivity index (χ0n) is 19.4. The van der Waals surface area contributed by atoms with Gasteiger partial charge in [-0.05, 0) is 32.0 Å². The van der Waals surface area contributed by atoms with Crippen LogP contribution in [0.15, 0.2) is 30.3 Å². The third-order valence-electron chi connectivity index (χ3n) is 7.11. The lowest BCUT2D eigenvalue weighted by Gasteiger charge is -2.23. The molecule has 3 aliphatic rings. The van der Waals surface area contributed by atoms with Gasteiger partial charge in [-0.15, -0.1) is 0 Å². The maximum Gasteiger partial charge on any atom is 0.258 e. The maximum absolute atomic E-state index is 14.7. The van der Waals surface area contributed by atoms with Gasteiger partial charge < -0.3 is 14.5 Å². The number of carbonyl (C=O) groups is 1. The topological polar surface area (TPSA) is 76.4 Å². The van der Waals surface area contributed by atoms with Gasteiger partial charge in [-0.25, -0.2) is 14.4 Å². The van der Waals surface area contributed by atoms with Crippen LogP contribution in [0.5, 0.6) is 0 Å². The van der Waals surface area contributed by atoms with Crippen LogP contribution in [0.1, 0.15) is 27.4 Å². The number of amides is 1. The standard InChI is InChI=1S/C25H27FN6O2/c1-15-9-16(2)28-25(27-15)31-12-17-10-30(11-18(17)13-31)24(33)22-21-14-34-8-7-32(21)29-23(22)19-5-3-4-6-20(19)26/h3-6,9,17-18H,7-8,10-14H2,1-2H3. The Hall–Kier alpha value is -3.33. The van der Waals surface area contributed by atoms with Crippen molar-refractivity contribution in [2.75, 3.05) is 37.7 Å². The van der Waals surface area contributed by atoms with Crippen LogP contribution < -0.4 is 4.90 Å². The molecule has 2 aromatic heterocycles. The second kappa shape index (κ2) is 8.16. The molecule has 176 valence electrons. The van der Waals surface area contributed by atoms with Crippen LogP contribution in [0.25, 0.3) is 11.3 Å². The number of hydrogen-bond acceptors (Lipinski definition) is 6. The summed E-state index contributed by atoms with van der Waals surface area (Å²) in [6.45, 7) is 8.34. The Morgan fingerprint density at radius 2 is 1.76 bits per heavy atom. The highest BCUT2D eigenvalue weighted by Gasteiger charge is 2.44. The third kappa shape index (κ3) is 3.55. The maximum atomic E-state index is 14.7. The summed E-state index contributed by atoms with van der Waals surface area (Å²) in [5.41, 5.74) is 3.89. The first-order valence-electron chi connectivity index (χ1n) is 11.8. The van der Waals surface area contributed by atoms with Gasteiger partial charge in [0.05, 0.1) is 31.0 Å². The van der Waals surface area contributed by atoms with E-state index in [0.29, 0.717) is 61.5 Å². The summed E-state index contributed by atoms with van der Waals surface area (Å²) in [5, 5.41) is 4.64. The molecule has 5 heterocycles. The summed E-state index contributed by atoms with van der Waals surface area (Å²) in [7, 11) is 0. The molecule has 1 aromatic carbocycles. The molecule has 2 atom stereocenters. The monoisotopic (exact) mass is 462 g/mol. The minimum atomic E-state index is -0.379. The van der Waals surface area contributed by atoms with Crippen LogP contribution in [0, 0.1) is 31.5 Å². The molecule has 0 aliphatic carbocycles. The number of halogens is 1. The molecule has 3 aromatic rings. The van der Waals surface area contributed by atoms with E-state index in [1.54, 1.807) is 22.9 Å². The molecule has 6 rings (SSSR count). The number of benzene rings is 1. The molecule has 8 nitrogen and oxygen atoms in total. The van der Waals surface area contributed by atoms with Crippen LogP contribution in [-0.2, 0) is 17.9 Å². The van der Waals surface area contributed by atoms with Crippen molar-refractivity contribution < 1.29 is 13.9 Å². The summed E-state index contributed by atoms with van der Waals surface area (Å²) < 4.78 is 22.1. The van der Waals surface area contributed by atoms with Gasteiger partial charge in [0.15, 0.2) is 0 Å². The van der Waals surface area contributed by atoms with Crippen molar-refractivity contribution in [2.24, 2.45) is 11.8 Å².